The molecule has 1 N–H and O–H groups in total. The maximum atomic E-state index is 5.74. The second-order valence-corrected chi connectivity index (χ2v) is 5.40. The largest absolute Gasteiger partial charge is 0.462 e. The Morgan fingerprint density at radius 2 is 2.00 bits per heavy atom. The lowest BCUT2D eigenvalue weighted by atomic mass is 10.1. The predicted molar refractivity (Wildman–Crippen MR) is 87.7 cm³/mol. The minimum atomic E-state index is 0.182. The van der Waals surface area contributed by atoms with E-state index in [9.17, 15) is 0 Å². The fraction of sp³-hybridized carbons (Fsp3) is 0.278. The molecule has 0 radical (unpaired) electrons. The first-order valence-corrected chi connectivity index (χ1v) is 7.66. The molecule has 0 saturated heterocycles. The summed E-state index contributed by atoms with van der Waals surface area (Å²) in [5.41, 5.74) is 1.24. The van der Waals surface area contributed by atoms with Crippen LogP contribution < -0.4 is 5.32 Å². The van der Waals surface area contributed by atoms with Crippen LogP contribution in [0.5, 0.6) is 0 Å². The van der Waals surface area contributed by atoms with Crippen LogP contribution in [-0.4, -0.2) is 16.7 Å². The third-order valence-corrected chi connectivity index (χ3v) is 3.68. The molecule has 0 aliphatic rings. The average Bonchev–Trinajstić information content (AvgIpc) is 3.24. The van der Waals surface area contributed by atoms with Crippen molar-refractivity contribution in [1.29, 1.82) is 0 Å². The van der Waals surface area contributed by atoms with Crippen LogP contribution in [0.1, 0.15) is 23.1 Å². The predicted octanol–water partition coefficient (Wildman–Crippen LogP) is 3.15. The highest BCUT2D eigenvalue weighted by Gasteiger charge is 2.12. The first kappa shape index (κ1) is 15.5. The Balaban J connectivity index is 1.68. The Bertz CT molecular complexity index is 692. The van der Waals surface area contributed by atoms with Crippen molar-refractivity contribution in [2.24, 2.45) is 0 Å². The number of aromatic nitrogens is 2. The Labute approximate surface area is 135 Å². The molecule has 0 amide bonds. The van der Waals surface area contributed by atoms with E-state index in [2.05, 4.69) is 39.1 Å². The second kappa shape index (κ2) is 7.76. The molecule has 0 bridgehead atoms. The van der Waals surface area contributed by atoms with E-state index < -0.39 is 0 Å². The summed E-state index contributed by atoms with van der Waals surface area (Å²) in [7, 11) is 1.66. The van der Waals surface area contributed by atoms with E-state index in [-0.39, 0.29) is 6.04 Å². The zero-order valence-corrected chi connectivity index (χ0v) is 13.2. The summed E-state index contributed by atoms with van der Waals surface area (Å²) >= 11 is 0. The number of furan rings is 1. The normalized spacial score (nSPS) is 12.4. The molecule has 2 aromatic heterocycles. The summed E-state index contributed by atoms with van der Waals surface area (Å²) in [6.45, 7) is 1.98. The van der Waals surface area contributed by atoms with Gasteiger partial charge in [-0.25, -0.2) is 4.98 Å². The van der Waals surface area contributed by atoms with Gasteiger partial charge in [-0.3, -0.25) is 0 Å². The van der Waals surface area contributed by atoms with Gasteiger partial charge in [-0.05, 0) is 17.7 Å². The van der Waals surface area contributed by atoms with E-state index in [1.54, 1.807) is 13.3 Å². The molecule has 0 fully saturated rings. The highest BCUT2D eigenvalue weighted by molar-refractivity contribution is 5.19. The smallest absolute Gasteiger partial charge is 0.129 e. The minimum Gasteiger partial charge on any atom is -0.462 e. The molecule has 23 heavy (non-hydrogen) atoms. The summed E-state index contributed by atoms with van der Waals surface area (Å²) in [5.74, 6) is 1.75. The third kappa shape index (κ3) is 4.31. The van der Waals surface area contributed by atoms with Gasteiger partial charge in [0.2, 0.25) is 0 Å². The monoisotopic (exact) mass is 311 g/mol. The summed E-state index contributed by atoms with van der Waals surface area (Å²) in [6.07, 6.45) is 5.61. The van der Waals surface area contributed by atoms with Crippen LogP contribution in [0.25, 0.3) is 0 Å². The second-order valence-electron chi connectivity index (χ2n) is 5.40. The lowest BCUT2D eigenvalue weighted by molar-refractivity contribution is 0.162. The van der Waals surface area contributed by atoms with Gasteiger partial charge >= 0.3 is 0 Å². The molecule has 0 aliphatic carbocycles. The number of nitrogens with zero attached hydrogens (tertiary/aromatic N) is 2. The van der Waals surface area contributed by atoms with Gasteiger partial charge in [-0.1, -0.05) is 30.3 Å². The Hall–Kier alpha value is -2.37. The molecule has 0 spiro atoms. The number of methoxy groups -OCH3 is 1. The molecule has 1 atom stereocenters. The van der Waals surface area contributed by atoms with Crippen molar-refractivity contribution in [1.82, 2.24) is 14.9 Å². The third-order valence-electron chi connectivity index (χ3n) is 3.68. The van der Waals surface area contributed by atoms with E-state index in [1.807, 2.05) is 30.7 Å². The number of hydrogen-bond acceptors (Lipinski definition) is 4. The number of rotatable bonds is 8. The summed E-state index contributed by atoms with van der Waals surface area (Å²) in [5, 5.41) is 3.56. The minimum absolute atomic E-state index is 0.182. The SMILES string of the molecule is COCc1ccc(CNC(Cn2ccnc2)c2ccccc2)o1. The number of ether oxygens (including phenoxy) is 1. The van der Waals surface area contributed by atoms with Crippen molar-refractivity contribution in [3.05, 3.63) is 78.3 Å². The van der Waals surface area contributed by atoms with Crippen LogP contribution in [0, 0.1) is 0 Å². The van der Waals surface area contributed by atoms with E-state index in [1.165, 1.54) is 5.56 Å². The van der Waals surface area contributed by atoms with Gasteiger partial charge in [0, 0.05) is 26.0 Å². The molecule has 5 heteroatoms. The molecule has 120 valence electrons. The van der Waals surface area contributed by atoms with Crippen molar-refractivity contribution in [2.45, 2.75) is 25.7 Å². The van der Waals surface area contributed by atoms with E-state index in [0.717, 1.165) is 18.1 Å². The van der Waals surface area contributed by atoms with Crippen LogP contribution >= 0.6 is 0 Å². The summed E-state index contributed by atoms with van der Waals surface area (Å²) in [6, 6.07) is 14.5. The first-order chi connectivity index (χ1) is 11.3. The molecule has 5 nitrogen and oxygen atoms in total. The highest BCUT2D eigenvalue weighted by Crippen LogP contribution is 2.17. The van der Waals surface area contributed by atoms with Crippen molar-refractivity contribution in [3.8, 4) is 0 Å². The standard InChI is InChI=1S/C18H21N3O2/c1-22-13-17-8-7-16(23-17)11-20-18(12-21-10-9-19-14-21)15-5-3-2-4-6-15/h2-10,14,18,20H,11-13H2,1H3. The molecule has 0 saturated carbocycles. The molecule has 2 heterocycles. The van der Waals surface area contributed by atoms with Crippen molar-refractivity contribution >= 4 is 0 Å². The fourth-order valence-corrected chi connectivity index (χ4v) is 2.54. The molecule has 0 aliphatic heterocycles. The lowest BCUT2D eigenvalue weighted by Gasteiger charge is -2.19. The maximum Gasteiger partial charge on any atom is 0.129 e. The van der Waals surface area contributed by atoms with Gasteiger partial charge in [0.05, 0.1) is 18.9 Å². The molecule has 1 unspecified atom stereocenters. The highest BCUT2D eigenvalue weighted by atomic mass is 16.5. The van der Waals surface area contributed by atoms with Crippen LogP contribution in [0.3, 0.4) is 0 Å². The summed E-state index contributed by atoms with van der Waals surface area (Å²) < 4.78 is 12.9. The number of imidazole rings is 1. The van der Waals surface area contributed by atoms with Gasteiger partial charge in [-0.2, -0.15) is 0 Å². The number of hydrogen-bond donors (Lipinski definition) is 1. The molecule has 3 aromatic rings. The van der Waals surface area contributed by atoms with Crippen molar-refractivity contribution in [3.63, 3.8) is 0 Å². The van der Waals surface area contributed by atoms with Gasteiger partial charge < -0.3 is 19.0 Å². The van der Waals surface area contributed by atoms with Gasteiger partial charge in [-0.15, -0.1) is 0 Å². The molecular weight excluding hydrogens is 290 g/mol. The Morgan fingerprint density at radius 3 is 2.74 bits per heavy atom. The maximum absolute atomic E-state index is 5.74. The van der Waals surface area contributed by atoms with E-state index in [4.69, 9.17) is 9.15 Å². The van der Waals surface area contributed by atoms with Gasteiger partial charge in [0.25, 0.3) is 0 Å². The molecular formula is C18H21N3O2. The van der Waals surface area contributed by atoms with Crippen molar-refractivity contribution < 1.29 is 9.15 Å². The molecule has 1 aromatic carbocycles. The zero-order valence-electron chi connectivity index (χ0n) is 13.2. The zero-order chi connectivity index (χ0) is 15.9. The Morgan fingerprint density at radius 1 is 1.17 bits per heavy atom. The van der Waals surface area contributed by atoms with Crippen LogP contribution in [0.15, 0.2) is 65.6 Å². The van der Waals surface area contributed by atoms with Gasteiger partial charge in [0.15, 0.2) is 0 Å². The van der Waals surface area contributed by atoms with E-state index >= 15 is 0 Å². The lowest BCUT2D eigenvalue weighted by Crippen LogP contribution is -2.24. The van der Waals surface area contributed by atoms with Crippen LogP contribution in [0.2, 0.25) is 0 Å². The number of nitrogens with one attached hydrogen (secondary N) is 1. The van der Waals surface area contributed by atoms with Crippen LogP contribution in [-0.2, 0) is 24.4 Å². The topological polar surface area (TPSA) is 52.2 Å². The van der Waals surface area contributed by atoms with Crippen molar-refractivity contribution in [2.75, 3.05) is 7.11 Å². The Kier molecular flexibility index (Phi) is 5.24. The average molecular weight is 311 g/mol. The molecule has 3 rings (SSSR count). The first-order valence-electron chi connectivity index (χ1n) is 7.66. The summed E-state index contributed by atoms with van der Waals surface area (Å²) in [4.78, 5) is 4.11. The fourth-order valence-electron chi connectivity index (χ4n) is 2.54. The van der Waals surface area contributed by atoms with E-state index in [0.29, 0.717) is 13.2 Å². The number of benzene rings is 1. The van der Waals surface area contributed by atoms with Gasteiger partial charge in [0.1, 0.15) is 18.1 Å². The van der Waals surface area contributed by atoms with Crippen LogP contribution in [0.4, 0.5) is 0 Å². The quantitative estimate of drug-likeness (QED) is 0.694.